The number of allylic oxidation sites excluding steroid dienone is 2. The molecule has 0 bridgehead atoms. The van der Waals surface area contributed by atoms with Gasteiger partial charge in [0.15, 0.2) is 0 Å². The number of hydrogen-bond acceptors (Lipinski definition) is 2. The Morgan fingerprint density at radius 3 is 1.33 bits per heavy atom. The number of hydrogen-bond donors (Lipinski definition) is 0. The maximum absolute atomic E-state index is 6.25. The maximum atomic E-state index is 6.25. The first kappa shape index (κ1) is 33.1. The number of fused-ring (bicyclic) bond motifs is 2. The molecule has 2 nitrogen and oxygen atoms in total. The van der Waals surface area contributed by atoms with Crippen LogP contribution in [0.1, 0.15) is 57.1 Å². The van der Waals surface area contributed by atoms with E-state index in [-0.39, 0.29) is 0 Å². The van der Waals surface area contributed by atoms with E-state index in [2.05, 4.69) is 133 Å². The van der Waals surface area contributed by atoms with Gasteiger partial charge in [-0.25, -0.2) is 0 Å². The van der Waals surface area contributed by atoms with Gasteiger partial charge in [-0.3, -0.25) is 0 Å². The van der Waals surface area contributed by atoms with Crippen LogP contribution >= 0.6 is 17.0 Å². The third kappa shape index (κ3) is 6.74. The van der Waals surface area contributed by atoms with E-state index in [1.54, 1.807) is 0 Å². The van der Waals surface area contributed by atoms with E-state index in [0.717, 1.165) is 44.6 Å². The summed E-state index contributed by atoms with van der Waals surface area (Å²) in [5.74, 6) is 4.47. The molecule has 2 atom stereocenters. The van der Waals surface area contributed by atoms with E-state index in [4.69, 9.17) is 25.9 Å². The number of furan rings is 2. The van der Waals surface area contributed by atoms with Crippen LogP contribution in [0, 0.1) is 13.8 Å². The number of aryl methyl sites for hydroxylation is 2. The van der Waals surface area contributed by atoms with Crippen LogP contribution in [0.4, 0.5) is 0 Å². The third-order valence-corrected chi connectivity index (χ3v) is 10.7. The van der Waals surface area contributed by atoms with E-state index >= 15 is 0 Å². The Morgan fingerprint density at radius 1 is 0.542 bits per heavy atom. The van der Waals surface area contributed by atoms with Crippen molar-refractivity contribution in [2.45, 2.75) is 37.8 Å². The van der Waals surface area contributed by atoms with Gasteiger partial charge < -0.3 is 8.83 Å². The molecule has 2 aliphatic carbocycles. The summed E-state index contributed by atoms with van der Waals surface area (Å²) in [5.41, 5.74) is 13.1. The third-order valence-electron chi connectivity index (χ3n) is 9.30. The van der Waals surface area contributed by atoms with Gasteiger partial charge in [-0.05, 0) is 107 Å². The standard InChI is InChI=1S/C42H34O2Si.2ClH.Zr/c1-27-19-21-41(43-27)37-23-35-31(29-11-5-3-6-12-29)15-9-17-33(35)39(37)25-45-26-40-34-18-10-16-32(30-13-7-4-8-14-30)36(34)24-38(40)42-22-20-28(2)44-42;;;/h3-24,39-40H,25-26H2,1-2H3;2*1H;/q;;;+2/p-2. The summed E-state index contributed by atoms with van der Waals surface area (Å²) in [5, 5.41) is 0. The Hall–Kier alpha value is -3.40. The van der Waals surface area contributed by atoms with Crippen molar-refractivity contribution in [1.82, 2.24) is 0 Å². The molecule has 0 fully saturated rings. The van der Waals surface area contributed by atoms with Crippen LogP contribution in [0.15, 0.2) is 130 Å². The van der Waals surface area contributed by atoms with Crippen LogP contribution in [-0.4, -0.2) is 9.52 Å². The van der Waals surface area contributed by atoms with Crippen molar-refractivity contribution in [3.05, 3.63) is 167 Å². The second-order valence-electron chi connectivity index (χ2n) is 12.2. The van der Waals surface area contributed by atoms with Crippen LogP contribution in [0.25, 0.3) is 45.6 Å². The Labute approximate surface area is 304 Å². The Balaban J connectivity index is 0.00000117. The number of benzene rings is 4. The molecule has 0 spiro atoms. The molecule has 8 rings (SSSR count). The fraction of sp³-hybridized carbons (Fsp3) is 0.143. The van der Waals surface area contributed by atoms with Gasteiger partial charge in [0, 0.05) is 32.5 Å². The van der Waals surface area contributed by atoms with Crippen LogP contribution < -0.4 is 0 Å². The van der Waals surface area contributed by atoms with Crippen LogP contribution in [0.3, 0.4) is 0 Å². The van der Waals surface area contributed by atoms with E-state index in [0.29, 0.717) is 11.8 Å². The van der Waals surface area contributed by atoms with Crippen molar-refractivity contribution in [2.75, 3.05) is 0 Å². The first-order valence-electron chi connectivity index (χ1n) is 16.2. The molecule has 0 saturated carbocycles. The normalized spacial score (nSPS) is 16.0. The summed E-state index contributed by atoms with van der Waals surface area (Å²) < 4.78 is 12.5. The van der Waals surface area contributed by atoms with Crippen LogP contribution in [0.2, 0.25) is 12.1 Å². The van der Waals surface area contributed by atoms with Crippen molar-refractivity contribution < 1.29 is 29.7 Å². The van der Waals surface area contributed by atoms with Gasteiger partial charge in [-0.2, -0.15) is 0 Å². The van der Waals surface area contributed by atoms with E-state index in [9.17, 15) is 0 Å². The summed E-state index contributed by atoms with van der Waals surface area (Å²) >= 11 is -0.826. The van der Waals surface area contributed by atoms with Crippen LogP contribution in [-0.2, 0) is 20.8 Å². The molecule has 0 saturated heterocycles. The minimum absolute atomic E-state index is 0.294. The number of rotatable bonds is 8. The molecule has 4 aromatic carbocycles. The monoisotopic (exact) mass is 758 g/mol. The Morgan fingerprint density at radius 2 is 0.958 bits per heavy atom. The van der Waals surface area contributed by atoms with Gasteiger partial charge in [-0.1, -0.05) is 97.1 Å². The molecular formula is C42H34Cl2O2SiZr. The van der Waals surface area contributed by atoms with Gasteiger partial charge >= 0.3 is 37.9 Å². The zero-order valence-corrected chi connectivity index (χ0v) is 31.8. The van der Waals surface area contributed by atoms with E-state index < -0.39 is 20.8 Å². The predicted molar refractivity (Wildman–Crippen MR) is 199 cm³/mol. The molecule has 2 aliphatic rings. The Kier molecular flexibility index (Phi) is 10.4. The summed E-state index contributed by atoms with van der Waals surface area (Å²) in [6, 6.07) is 45.7. The average molecular weight is 761 g/mol. The first-order valence-corrected chi connectivity index (χ1v) is 23.9. The Bertz CT molecular complexity index is 1950. The second-order valence-corrected chi connectivity index (χ2v) is 17.3. The summed E-state index contributed by atoms with van der Waals surface area (Å²) in [4.78, 5) is 0. The van der Waals surface area contributed by atoms with E-state index in [1.165, 1.54) is 55.7 Å². The summed E-state index contributed by atoms with van der Waals surface area (Å²) in [6.45, 7) is 4.06. The molecule has 6 heteroatoms. The van der Waals surface area contributed by atoms with Crippen molar-refractivity contribution in [2.24, 2.45) is 0 Å². The first-order chi connectivity index (χ1) is 23.6. The summed E-state index contributed by atoms with van der Waals surface area (Å²) in [7, 11) is 10.6. The van der Waals surface area contributed by atoms with Gasteiger partial charge in [-0.15, -0.1) is 0 Å². The van der Waals surface area contributed by atoms with Crippen molar-refractivity contribution in [1.29, 1.82) is 0 Å². The average Bonchev–Trinajstić information content (AvgIpc) is 3.91. The quantitative estimate of drug-likeness (QED) is 0.144. The molecule has 236 valence electrons. The van der Waals surface area contributed by atoms with E-state index in [1.807, 2.05) is 13.8 Å². The molecule has 2 heterocycles. The minimum atomic E-state index is -0.826. The SMILES string of the molecule is Cc1ccc(C2=Cc3c(-c4ccccc4)cccc3C2C[Si]CC2C(c3ccc(C)o3)=Cc3c(-c4ccccc4)cccc32)o1.[Cl][Zr][Cl]. The van der Waals surface area contributed by atoms with Gasteiger partial charge in [0.1, 0.15) is 23.0 Å². The molecule has 2 radical (unpaired) electrons. The number of halogens is 2. The summed E-state index contributed by atoms with van der Waals surface area (Å²) in [6.07, 6.45) is 4.78. The molecular weight excluding hydrogens is 727 g/mol. The molecule has 2 unspecified atom stereocenters. The fourth-order valence-corrected chi connectivity index (χ4v) is 8.78. The van der Waals surface area contributed by atoms with Gasteiger partial charge in [0.2, 0.25) is 0 Å². The van der Waals surface area contributed by atoms with Crippen molar-refractivity contribution >= 4 is 49.8 Å². The van der Waals surface area contributed by atoms with Crippen molar-refractivity contribution in [3.63, 3.8) is 0 Å². The molecule has 2 aromatic heterocycles. The van der Waals surface area contributed by atoms with Gasteiger partial charge in [0.05, 0.1) is 0 Å². The second kappa shape index (κ2) is 15.0. The zero-order chi connectivity index (χ0) is 33.0. The van der Waals surface area contributed by atoms with Gasteiger partial charge in [0.25, 0.3) is 0 Å². The van der Waals surface area contributed by atoms with Crippen molar-refractivity contribution in [3.8, 4) is 22.3 Å². The molecule has 48 heavy (non-hydrogen) atoms. The molecule has 6 aromatic rings. The van der Waals surface area contributed by atoms with Crippen LogP contribution in [0.5, 0.6) is 0 Å². The molecule has 0 aliphatic heterocycles. The zero-order valence-electron chi connectivity index (χ0n) is 26.8. The predicted octanol–water partition coefficient (Wildman–Crippen LogP) is 12.7. The fourth-order valence-electron chi connectivity index (χ4n) is 7.16. The topological polar surface area (TPSA) is 26.3 Å². The molecule has 0 amide bonds. The molecule has 0 N–H and O–H groups in total.